The number of rotatable bonds is 5. The Hall–Kier alpha value is -3.62. The topological polar surface area (TPSA) is 112 Å². The van der Waals surface area contributed by atoms with E-state index in [4.69, 9.17) is 4.42 Å². The van der Waals surface area contributed by atoms with Crippen molar-refractivity contribution in [2.24, 2.45) is 0 Å². The summed E-state index contributed by atoms with van der Waals surface area (Å²) in [5, 5.41) is 5.30. The maximum Gasteiger partial charge on any atom is 0.289 e. The molecule has 2 aromatic rings. The van der Waals surface area contributed by atoms with Crippen LogP contribution in [0, 0.1) is 0 Å². The molecule has 0 saturated carbocycles. The van der Waals surface area contributed by atoms with Gasteiger partial charge in [-0.3, -0.25) is 19.2 Å². The molecule has 4 amide bonds. The van der Waals surface area contributed by atoms with Gasteiger partial charge in [0, 0.05) is 44.5 Å². The highest BCUT2D eigenvalue weighted by Crippen LogP contribution is 2.14. The van der Waals surface area contributed by atoms with Crippen molar-refractivity contribution in [3.8, 4) is 0 Å². The van der Waals surface area contributed by atoms with E-state index >= 15 is 0 Å². The first-order valence-corrected chi connectivity index (χ1v) is 9.20. The maximum atomic E-state index is 12.4. The third-order valence-electron chi connectivity index (χ3n) is 4.45. The van der Waals surface area contributed by atoms with Crippen LogP contribution in [0.15, 0.2) is 47.1 Å². The molecule has 0 radical (unpaired) electrons. The molecule has 152 valence electrons. The second-order valence-corrected chi connectivity index (χ2v) is 6.63. The fraction of sp³-hybridized carbons (Fsp3) is 0.300. The predicted molar refractivity (Wildman–Crippen MR) is 105 cm³/mol. The van der Waals surface area contributed by atoms with E-state index in [1.165, 1.54) is 13.2 Å². The summed E-state index contributed by atoms with van der Waals surface area (Å²) in [6.07, 6.45) is 1.17. The molecule has 1 aromatic heterocycles. The first-order chi connectivity index (χ1) is 13.9. The van der Waals surface area contributed by atoms with Crippen molar-refractivity contribution < 1.29 is 23.6 Å². The van der Waals surface area contributed by atoms with Crippen molar-refractivity contribution in [2.75, 3.05) is 36.8 Å². The molecule has 1 aromatic carbocycles. The van der Waals surface area contributed by atoms with Crippen molar-refractivity contribution >= 4 is 35.0 Å². The minimum Gasteiger partial charge on any atom is -0.459 e. The largest absolute Gasteiger partial charge is 0.459 e. The molecule has 1 fully saturated rings. The van der Waals surface area contributed by atoms with E-state index in [2.05, 4.69) is 10.6 Å². The SMILES string of the molecule is CC(=O)Nc1ccc(NC(=O)CC(=O)N2CCN(C(=O)c3ccco3)CC2)cc1. The maximum absolute atomic E-state index is 12.4. The first kappa shape index (κ1) is 20.1. The molecule has 2 heterocycles. The lowest BCUT2D eigenvalue weighted by Gasteiger charge is -2.34. The summed E-state index contributed by atoms with van der Waals surface area (Å²) in [5.41, 5.74) is 1.15. The number of anilines is 2. The van der Waals surface area contributed by atoms with Crippen LogP contribution >= 0.6 is 0 Å². The monoisotopic (exact) mass is 398 g/mol. The number of hydrogen-bond acceptors (Lipinski definition) is 5. The molecule has 9 nitrogen and oxygen atoms in total. The number of amides is 4. The van der Waals surface area contributed by atoms with Gasteiger partial charge in [0.05, 0.1) is 6.26 Å². The van der Waals surface area contributed by atoms with E-state index in [9.17, 15) is 19.2 Å². The quantitative estimate of drug-likeness (QED) is 0.742. The summed E-state index contributed by atoms with van der Waals surface area (Å²) in [5.74, 6) is -0.826. The molecule has 1 aliphatic heterocycles. The second-order valence-electron chi connectivity index (χ2n) is 6.63. The summed E-state index contributed by atoms with van der Waals surface area (Å²) < 4.78 is 5.11. The fourth-order valence-electron chi connectivity index (χ4n) is 3.01. The Morgan fingerprint density at radius 2 is 1.48 bits per heavy atom. The van der Waals surface area contributed by atoms with E-state index in [1.807, 2.05) is 0 Å². The Morgan fingerprint density at radius 3 is 2.03 bits per heavy atom. The summed E-state index contributed by atoms with van der Waals surface area (Å²) >= 11 is 0. The average molecular weight is 398 g/mol. The van der Waals surface area contributed by atoms with Crippen LogP contribution < -0.4 is 10.6 Å². The molecule has 1 saturated heterocycles. The van der Waals surface area contributed by atoms with Crippen LogP contribution in [0.25, 0.3) is 0 Å². The Bertz CT molecular complexity index is 884. The van der Waals surface area contributed by atoms with Gasteiger partial charge in [-0.15, -0.1) is 0 Å². The van der Waals surface area contributed by atoms with E-state index in [1.54, 1.807) is 46.2 Å². The predicted octanol–water partition coefficient (Wildman–Crippen LogP) is 1.55. The third-order valence-corrected chi connectivity index (χ3v) is 4.45. The van der Waals surface area contributed by atoms with Gasteiger partial charge in [0.25, 0.3) is 5.91 Å². The number of carbonyl (C=O) groups is 4. The number of nitrogens with zero attached hydrogens (tertiary/aromatic N) is 2. The van der Waals surface area contributed by atoms with Crippen LogP contribution in [-0.2, 0) is 14.4 Å². The molecule has 0 atom stereocenters. The highest BCUT2D eigenvalue weighted by molar-refractivity contribution is 6.03. The van der Waals surface area contributed by atoms with Gasteiger partial charge in [-0.1, -0.05) is 0 Å². The van der Waals surface area contributed by atoms with Crippen LogP contribution in [-0.4, -0.2) is 59.6 Å². The number of furan rings is 1. The normalized spacial score (nSPS) is 13.7. The Morgan fingerprint density at radius 1 is 0.897 bits per heavy atom. The molecule has 9 heteroatoms. The Kier molecular flexibility index (Phi) is 6.28. The van der Waals surface area contributed by atoms with Gasteiger partial charge >= 0.3 is 0 Å². The number of benzene rings is 1. The Balaban J connectivity index is 1.45. The molecule has 2 N–H and O–H groups in total. The highest BCUT2D eigenvalue weighted by atomic mass is 16.3. The van der Waals surface area contributed by atoms with Crippen molar-refractivity contribution in [3.63, 3.8) is 0 Å². The van der Waals surface area contributed by atoms with Crippen LogP contribution in [0.1, 0.15) is 23.9 Å². The number of hydrogen-bond donors (Lipinski definition) is 2. The minimum absolute atomic E-state index is 0.182. The van der Waals surface area contributed by atoms with Gasteiger partial charge in [0.2, 0.25) is 17.7 Å². The molecule has 29 heavy (non-hydrogen) atoms. The van der Waals surface area contributed by atoms with Crippen LogP contribution in [0.3, 0.4) is 0 Å². The van der Waals surface area contributed by atoms with Crippen molar-refractivity contribution in [3.05, 3.63) is 48.4 Å². The zero-order valence-electron chi connectivity index (χ0n) is 16.0. The molecular weight excluding hydrogens is 376 g/mol. The molecule has 0 spiro atoms. The van der Waals surface area contributed by atoms with Gasteiger partial charge in [0.15, 0.2) is 5.76 Å². The molecule has 3 rings (SSSR count). The molecule has 0 aliphatic carbocycles. The van der Waals surface area contributed by atoms with Gasteiger partial charge in [-0.25, -0.2) is 0 Å². The zero-order chi connectivity index (χ0) is 20.8. The number of nitrogens with one attached hydrogen (secondary N) is 2. The lowest BCUT2D eigenvalue weighted by Crippen LogP contribution is -2.51. The molecule has 0 unspecified atom stereocenters. The number of piperazine rings is 1. The Labute approximate surface area is 167 Å². The van der Waals surface area contributed by atoms with Crippen molar-refractivity contribution in [1.82, 2.24) is 9.80 Å². The van der Waals surface area contributed by atoms with Crippen LogP contribution in [0.2, 0.25) is 0 Å². The highest BCUT2D eigenvalue weighted by Gasteiger charge is 2.26. The van der Waals surface area contributed by atoms with Gasteiger partial charge in [0.1, 0.15) is 6.42 Å². The summed E-state index contributed by atoms with van der Waals surface area (Å²) in [6, 6.07) is 9.87. The van der Waals surface area contributed by atoms with Crippen molar-refractivity contribution in [2.45, 2.75) is 13.3 Å². The summed E-state index contributed by atoms with van der Waals surface area (Å²) in [6.45, 7) is 2.91. The first-order valence-electron chi connectivity index (χ1n) is 9.20. The fourth-order valence-corrected chi connectivity index (χ4v) is 3.01. The van der Waals surface area contributed by atoms with E-state index in [-0.39, 0.29) is 29.9 Å². The van der Waals surface area contributed by atoms with Crippen LogP contribution in [0.4, 0.5) is 11.4 Å². The average Bonchev–Trinajstić information content (AvgIpc) is 3.23. The third kappa shape index (κ3) is 5.44. The lowest BCUT2D eigenvalue weighted by atomic mass is 10.2. The van der Waals surface area contributed by atoms with Gasteiger partial charge in [-0.05, 0) is 36.4 Å². The van der Waals surface area contributed by atoms with Crippen LogP contribution in [0.5, 0.6) is 0 Å². The van der Waals surface area contributed by atoms with Crippen molar-refractivity contribution in [1.29, 1.82) is 0 Å². The molecule has 0 bridgehead atoms. The minimum atomic E-state index is -0.420. The summed E-state index contributed by atoms with van der Waals surface area (Å²) in [7, 11) is 0. The second kappa shape index (κ2) is 9.05. The smallest absolute Gasteiger partial charge is 0.289 e. The lowest BCUT2D eigenvalue weighted by molar-refractivity contribution is -0.135. The molecular formula is C20H22N4O5. The van der Waals surface area contributed by atoms with Gasteiger partial charge in [-0.2, -0.15) is 0 Å². The molecule has 1 aliphatic rings. The van der Waals surface area contributed by atoms with Gasteiger partial charge < -0.3 is 24.9 Å². The van der Waals surface area contributed by atoms with E-state index in [0.29, 0.717) is 37.6 Å². The standard InChI is InChI=1S/C20H22N4O5/c1-14(25)21-15-4-6-16(7-5-15)22-18(26)13-19(27)23-8-10-24(11-9-23)20(28)17-3-2-12-29-17/h2-7,12H,8-11,13H2,1H3,(H,21,25)(H,22,26). The number of carbonyl (C=O) groups excluding carboxylic acids is 4. The summed E-state index contributed by atoms with van der Waals surface area (Å²) in [4.78, 5) is 51.0. The van der Waals surface area contributed by atoms with E-state index in [0.717, 1.165) is 0 Å². The van der Waals surface area contributed by atoms with E-state index < -0.39 is 5.91 Å². The zero-order valence-corrected chi connectivity index (χ0v) is 16.0.